The molecule has 1 aromatic carbocycles. The van der Waals surface area contributed by atoms with Crippen molar-refractivity contribution < 1.29 is 35.9 Å². The summed E-state index contributed by atoms with van der Waals surface area (Å²) < 4.78 is 81.9. The average molecular weight is 491 g/mol. The van der Waals surface area contributed by atoms with Crippen molar-refractivity contribution in [1.29, 1.82) is 0 Å². The zero-order chi connectivity index (χ0) is 25.4. The van der Waals surface area contributed by atoms with E-state index in [0.717, 1.165) is 4.57 Å². The number of alkyl halides is 3. The summed E-state index contributed by atoms with van der Waals surface area (Å²) in [5, 5.41) is 2.26. The standard InChI is InChI=1S/C21H23F6N5O2/c1-3-15-18-17(19(34)29-2)30-20(21(25,26)27)32(18)5-4-31(15)16(33)8-11(28)6-10-7-13(23)14(24)9-12(10)22/h7,9,11,15H,3-6,8,28H2,1-2H3,(H,29,34)/t11-,15?/m1/s1. The first-order valence-electron chi connectivity index (χ1n) is 10.5. The molecular weight excluding hydrogens is 468 g/mol. The molecule has 2 atom stereocenters. The van der Waals surface area contributed by atoms with E-state index in [9.17, 15) is 35.9 Å². The van der Waals surface area contributed by atoms with Crippen LogP contribution in [-0.2, 0) is 23.9 Å². The highest BCUT2D eigenvalue weighted by molar-refractivity contribution is 5.94. The molecule has 0 radical (unpaired) electrons. The summed E-state index contributed by atoms with van der Waals surface area (Å²) in [6.45, 7) is 1.30. The van der Waals surface area contributed by atoms with Crippen LogP contribution in [0.3, 0.4) is 0 Å². The third kappa shape index (κ3) is 4.88. The molecule has 0 spiro atoms. The highest BCUT2D eigenvalue weighted by Gasteiger charge is 2.44. The van der Waals surface area contributed by atoms with Crippen molar-refractivity contribution in [3.63, 3.8) is 0 Å². The van der Waals surface area contributed by atoms with Crippen LogP contribution in [-0.4, -0.2) is 45.9 Å². The van der Waals surface area contributed by atoms with Crippen LogP contribution >= 0.6 is 0 Å². The number of amides is 2. The Balaban J connectivity index is 1.86. The summed E-state index contributed by atoms with van der Waals surface area (Å²) in [5.74, 6) is -6.20. The van der Waals surface area contributed by atoms with Crippen LogP contribution in [0.1, 0.15) is 53.4 Å². The van der Waals surface area contributed by atoms with Gasteiger partial charge in [0.25, 0.3) is 5.91 Å². The molecule has 1 aromatic heterocycles. The predicted octanol–water partition coefficient (Wildman–Crippen LogP) is 2.93. The molecule has 2 amide bonds. The number of imidazole rings is 1. The van der Waals surface area contributed by atoms with Gasteiger partial charge in [-0.1, -0.05) is 6.92 Å². The summed E-state index contributed by atoms with van der Waals surface area (Å²) in [5.41, 5.74) is 5.29. The molecule has 0 fully saturated rings. The molecule has 1 aliphatic heterocycles. The molecule has 13 heteroatoms. The monoisotopic (exact) mass is 491 g/mol. The van der Waals surface area contributed by atoms with E-state index in [-0.39, 0.29) is 43.6 Å². The van der Waals surface area contributed by atoms with Gasteiger partial charge >= 0.3 is 6.18 Å². The Morgan fingerprint density at radius 2 is 1.82 bits per heavy atom. The van der Waals surface area contributed by atoms with E-state index in [1.54, 1.807) is 6.92 Å². The number of rotatable bonds is 6. The number of nitrogens with zero attached hydrogens (tertiary/aromatic N) is 3. The summed E-state index contributed by atoms with van der Waals surface area (Å²) in [4.78, 5) is 30.1. The minimum absolute atomic E-state index is 0.0333. The highest BCUT2D eigenvalue weighted by Crippen LogP contribution is 2.38. The first kappa shape index (κ1) is 25.5. The van der Waals surface area contributed by atoms with E-state index < -0.39 is 59.0 Å². The molecule has 186 valence electrons. The molecule has 1 aliphatic rings. The second kappa shape index (κ2) is 9.65. The molecule has 0 bridgehead atoms. The van der Waals surface area contributed by atoms with Crippen molar-refractivity contribution in [2.75, 3.05) is 13.6 Å². The van der Waals surface area contributed by atoms with Gasteiger partial charge in [-0.3, -0.25) is 9.59 Å². The van der Waals surface area contributed by atoms with Gasteiger partial charge in [0.05, 0.1) is 11.7 Å². The molecule has 0 saturated carbocycles. The average Bonchev–Trinajstić information content (AvgIpc) is 3.16. The number of carbonyl (C=O) groups excluding carboxylic acids is 2. The van der Waals surface area contributed by atoms with Crippen molar-refractivity contribution in [2.45, 2.75) is 51.0 Å². The van der Waals surface area contributed by atoms with E-state index in [1.807, 2.05) is 0 Å². The molecule has 2 heterocycles. The zero-order valence-electron chi connectivity index (χ0n) is 18.3. The van der Waals surface area contributed by atoms with E-state index in [1.165, 1.54) is 11.9 Å². The Morgan fingerprint density at radius 1 is 1.18 bits per heavy atom. The third-order valence-corrected chi connectivity index (χ3v) is 5.67. The SMILES string of the molecule is CCC1c2c(C(=O)NC)nc(C(F)(F)F)n2CCN1C(=O)C[C@H](N)Cc1cc(F)c(F)cc1F. The van der Waals surface area contributed by atoms with Gasteiger partial charge in [0.1, 0.15) is 5.82 Å². The second-order valence-corrected chi connectivity index (χ2v) is 7.94. The number of carbonyl (C=O) groups is 2. The minimum atomic E-state index is -4.80. The molecule has 3 N–H and O–H groups in total. The number of hydrogen-bond donors (Lipinski definition) is 2. The first-order valence-corrected chi connectivity index (χ1v) is 10.5. The Bertz CT molecular complexity index is 1100. The van der Waals surface area contributed by atoms with Crippen LogP contribution in [0.25, 0.3) is 0 Å². The fourth-order valence-corrected chi connectivity index (χ4v) is 4.17. The lowest BCUT2D eigenvalue weighted by atomic mass is 10.00. The lowest BCUT2D eigenvalue weighted by molar-refractivity contribution is -0.148. The van der Waals surface area contributed by atoms with Gasteiger partial charge in [0, 0.05) is 38.7 Å². The largest absolute Gasteiger partial charge is 0.449 e. The molecular formula is C21H23F6N5O2. The van der Waals surface area contributed by atoms with E-state index in [4.69, 9.17) is 5.73 Å². The number of fused-ring (bicyclic) bond motifs is 1. The molecule has 0 aliphatic carbocycles. The number of aromatic nitrogens is 2. The quantitative estimate of drug-likeness (QED) is 0.480. The number of nitrogens with one attached hydrogen (secondary N) is 1. The van der Waals surface area contributed by atoms with Gasteiger partial charge in [-0.05, 0) is 24.5 Å². The number of hydrogen-bond acceptors (Lipinski definition) is 4. The third-order valence-electron chi connectivity index (χ3n) is 5.67. The van der Waals surface area contributed by atoms with Gasteiger partial charge in [0.15, 0.2) is 17.3 Å². The maximum Gasteiger partial charge on any atom is 0.449 e. The maximum absolute atomic E-state index is 13.9. The molecule has 1 unspecified atom stereocenters. The lowest BCUT2D eigenvalue weighted by Gasteiger charge is -2.37. The van der Waals surface area contributed by atoms with Crippen LogP contribution in [0.2, 0.25) is 0 Å². The summed E-state index contributed by atoms with van der Waals surface area (Å²) in [7, 11) is 1.25. The first-order chi connectivity index (χ1) is 15.9. The Labute approximate surface area is 190 Å². The summed E-state index contributed by atoms with van der Waals surface area (Å²) >= 11 is 0. The van der Waals surface area contributed by atoms with Crippen molar-refractivity contribution in [2.24, 2.45) is 5.73 Å². The Hall–Kier alpha value is -3.09. The smallest absolute Gasteiger partial charge is 0.354 e. The molecule has 0 saturated heterocycles. The fraction of sp³-hybridized carbons (Fsp3) is 0.476. The van der Waals surface area contributed by atoms with Gasteiger partial charge in [-0.25, -0.2) is 18.2 Å². The summed E-state index contributed by atoms with van der Waals surface area (Å²) in [6, 6.07) is -0.807. The number of nitrogens with two attached hydrogens (primary N) is 1. The summed E-state index contributed by atoms with van der Waals surface area (Å²) in [6.07, 6.45) is -5.21. The van der Waals surface area contributed by atoms with Crippen LogP contribution < -0.4 is 11.1 Å². The zero-order valence-corrected chi connectivity index (χ0v) is 18.3. The van der Waals surface area contributed by atoms with Crippen LogP contribution in [0.4, 0.5) is 26.3 Å². The molecule has 7 nitrogen and oxygen atoms in total. The predicted molar refractivity (Wildman–Crippen MR) is 108 cm³/mol. The molecule has 2 aromatic rings. The van der Waals surface area contributed by atoms with Crippen molar-refractivity contribution >= 4 is 11.8 Å². The van der Waals surface area contributed by atoms with Crippen LogP contribution in [0, 0.1) is 17.5 Å². The maximum atomic E-state index is 13.9. The van der Waals surface area contributed by atoms with E-state index in [0.29, 0.717) is 12.1 Å². The van der Waals surface area contributed by atoms with Crippen molar-refractivity contribution in [3.8, 4) is 0 Å². The van der Waals surface area contributed by atoms with Gasteiger partial charge in [-0.2, -0.15) is 13.2 Å². The molecule has 3 rings (SSSR count). The van der Waals surface area contributed by atoms with Gasteiger partial charge < -0.3 is 20.5 Å². The Kier molecular flexibility index (Phi) is 7.24. The highest BCUT2D eigenvalue weighted by atomic mass is 19.4. The van der Waals surface area contributed by atoms with Crippen LogP contribution in [0.5, 0.6) is 0 Å². The van der Waals surface area contributed by atoms with Crippen molar-refractivity contribution in [1.82, 2.24) is 19.8 Å². The van der Waals surface area contributed by atoms with Crippen LogP contribution in [0.15, 0.2) is 12.1 Å². The fourth-order valence-electron chi connectivity index (χ4n) is 4.17. The van der Waals surface area contributed by atoms with Crippen molar-refractivity contribution in [3.05, 3.63) is 52.4 Å². The number of benzene rings is 1. The van der Waals surface area contributed by atoms with Gasteiger partial charge in [0.2, 0.25) is 11.7 Å². The topological polar surface area (TPSA) is 93.2 Å². The molecule has 34 heavy (non-hydrogen) atoms. The van der Waals surface area contributed by atoms with E-state index in [2.05, 4.69) is 10.3 Å². The van der Waals surface area contributed by atoms with Gasteiger partial charge in [-0.15, -0.1) is 0 Å². The Morgan fingerprint density at radius 3 is 2.41 bits per heavy atom. The minimum Gasteiger partial charge on any atom is -0.354 e. The number of halogens is 6. The normalized spacial score (nSPS) is 16.9. The van der Waals surface area contributed by atoms with E-state index >= 15 is 0 Å². The second-order valence-electron chi connectivity index (χ2n) is 7.94. The lowest BCUT2D eigenvalue weighted by Crippen LogP contribution is -2.45.